The molecule has 190 valence electrons. The fraction of sp³-hybridized carbons (Fsp3) is 0.522. The third kappa shape index (κ3) is 4.83. The molecular formula is C23H27F3N4O5. The molecule has 0 unspecified atom stereocenters. The maximum atomic E-state index is 14.3. The minimum absolute atomic E-state index is 0.0721. The van der Waals surface area contributed by atoms with Crippen molar-refractivity contribution in [2.24, 2.45) is 0 Å². The second-order valence-electron chi connectivity index (χ2n) is 9.52. The fourth-order valence-electron chi connectivity index (χ4n) is 4.16. The van der Waals surface area contributed by atoms with Gasteiger partial charge in [0.05, 0.1) is 24.6 Å². The van der Waals surface area contributed by atoms with Gasteiger partial charge in [-0.25, -0.2) is 17.9 Å². The third-order valence-corrected chi connectivity index (χ3v) is 6.09. The fourth-order valence-corrected chi connectivity index (χ4v) is 4.16. The summed E-state index contributed by atoms with van der Waals surface area (Å²) in [5, 5.41) is 32.7. The van der Waals surface area contributed by atoms with Crippen molar-refractivity contribution >= 4 is 0 Å². The summed E-state index contributed by atoms with van der Waals surface area (Å²) < 4.78 is 59.6. The van der Waals surface area contributed by atoms with E-state index < -0.39 is 54.5 Å². The van der Waals surface area contributed by atoms with E-state index in [0.29, 0.717) is 5.76 Å². The average molecular weight is 496 g/mol. The zero-order valence-electron chi connectivity index (χ0n) is 19.7. The molecule has 0 spiro atoms. The third-order valence-electron chi connectivity index (χ3n) is 6.09. The molecule has 0 amide bonds. The minimum Gasteiger partial charge on any atom is -0.394 e. The summed E-state index contributed by atoms with van der Waals surface area (Å²) in [5.41, 5.74) is 0.158. The summed E-state index contributed by atoms with van der Waals surface area (Å²) in [5.74, 6) is -3.83. The number of hydrogen-bond donors (Lipinski definition) is 2. The number of halogens is 3. The number of ether oxygens (including phenoxy) is 2. The first-order valence-electron chi connectivity index (χ1n) is 11.0. The molecule has 12 heteroatoms. The summed E-state index contributed by atoms with van der Waals surface area (Å²) in [4.78, 5) is 0. The summed E-state index contributed by atoms with van der Waals surface area (Å²) in [6.07, 6.45) is -2.22. The van der Waals surface area contributed by atoms with Crippen LogP contribution in [-0.4, -0.2) is 68.5 Å². The molecular weight excluding hydrogens is 469 g/mol. The van der Waals surface area contributed by atoms with Crippen LogP contribution in [0.5, 0.6) is 0 Å². The van der Waals surface area contributed by atoms with Crippen LogP contribution in [0.2, 0.25) is 0 Å². The number of aromatic nitrogens is 4. The Kier molecular flexibility index (Phi) is 7.00. The number of nitrogens with zero attached hydrogens (tertiary/aromatic N) is 4. The van der Waals surface area contributed by atoms with Gasteiger partial charge in [0.1, 0.15) is 35.8 Å². The van der Waals surface area contributed by atoms with Crippen LogP contribution in [0.3, 0.4) is 0 Å². The Morgan fingerprint density at radius 3 is 2.51 bits per heavy atom. The van der Waals surface area contributed by atoms with Crippen molar-refractivity contribution in [3.05, 3.63) is 53.3 Å². The number of hydrogen-bond acceptors (Lipinski definition) is 8. The standard InChI is InChI=1S/C23H27F3N4O5/c1-23(2,3)17-8-11(35-28-17)7-15-22(33-4)20(21(32)16(10-31)34-15)30-9-14(27-29-30)12-5-6-13(24)19(26)18(12)25/h5-6,8-9,15-16,20-22,31-32H,7,10H2,1-4H3/t15-,16-,20+,21+,22+/m1/s1. The minimum atomic E-state index is -1.62. The largest absolute Gasteiger partial charge is 0.394 e. The molecule has 2 N–H and O–H groups in total. The lowest BCUT2D eigenvalue weighted by molar-refractivity contribution is -0.212. The van der Waals surface area contributed by atoms with E-state index in [4.69, 9.17) is 14.0 Å². The van der Waals surface area contributed by atoms with E-state index in [1.54, 1.807) is 0 Å². The Labute approximate surface area is 199 Å². The van der Waals surface area contributed by atoms with Crippen LogP contribution in [0.1, 0.15) is 38.3 Å². The molecule has 0 aliphatic carbocycles. The van der Waals surface area contributed by atoms with E-state index in [1.165, 1.54) is 18.0 Å². The molecule has 35 heavy (non-hydrogen) atoms. The number of aliphatic hydroxyl groups is 2. The number of methoxy groups -OCH3 is 1. The molecule has 3 aromatic rings. The highest BCUT2D eigenvalue weighted by Crippen LogP contribution is 2.35. The normalized spacial score (nSPS) is 25.2. The molecule has 1 fully saturated rings. The van der Waals surface area contributed by atoms with Crippen LogP contribution in [-0.2, 0) is 21.3 Å². The van der Waals surface area contributed by atoms with E-state index in [2.05, 4.69) is 15.5 Å². The van der Waals surface area contributed by atoms with Gasteiger partial charge in [0.15, 0.2) is 17.5 Å². The van der Waals surface area contributed by atoms with Crippen molar-refractivity contribution in [2.45, 2.75) is 63.1 Å². The Bertz CT molecular complexity index is 1180. The first-order valence-corrected chi connectivity index (χ1v) is 11.0. The van der Waals surface area contributed by atoms with E-state index >= 15 is 0 Å². The van der Waals surface area contributed by atoms with Crippen molar-refractivity contribution in [2.75, 3.05) is 13.7 Å². The Morgan fingerprint density at radius 1 is 1.14 bits per heavy atom. The van der Waals surface area contributed by atoms with Gasteiger partial charge in [-0.1, -0.05) is 31.1 Å². The van der Waals surface area contributed by atoms with Gasteiger partial charge in [-0.15, -0.1) is 5.10 Å². The van der Waals surface area contributed by atoms with Crippen molar-refractivity contribution < 1.29 is 37.4 Å². The highest BCUT2D eigenvalue weighted by Gasteiger charge is 2.47. The quantitative estimate of drug-likeness (QED) is 0.501. The average Bonchev–Trinajstić information content (AvgIpc) is 3.48. The van der Waals surface area contributed by atoms with Gasteiger partial charge >= 0.3 is 0 Å². The lowest BCUT2D eigenvalue weighted by Gasteiger charge is -2.43. The van der Waals surface area contributed by atoms with Crippen LogP contribution in [0.4, 0.5) is 13.2 Å². The molecule has 1 aliphatic rings. The molecule has 0 radical (unpaired) electrons. The number of rotatable bonds is 6. The molecule has 5 atom stereocenters. The van der Waals surface area contributed by atoms with Crippen molar-refractivity contribution in [1.82, 2.24) is 20.2 Å². The Morgan fingerprint density at radius 2 is 1.89 bits per heavy atom. The van der Waals surface area contributed by atoms with E-state index in [1.807, 2.05) is 26.8 Å². The van der Waals surface area contributed by atoms with Gasteiger partial charge in [0, 0.05) is 30.6 Å². The molecule has 4 rings (SSSR count). The molecule has 1 aliphatic heterocycles. The molecule has 1 saturated heterocycles. The zero-order chi connectivity index (χ0) is 25.5. The predicted octanol–water partition coefficient (Wildman–Crippen LogP) is 2.57. The van der Waals surface area contributed by atoms with Gasteiger partial charge < -0.3 is 24.2 Å². The topological polar surface area (TPSA) is 116 Å². The van der Waals surface area contributed by atoms with Crippen molar-refractivity contribution in [3.8, 4) is 11.3 Å². The molecule has 9 nitrogen and oxygen atoms in total. The van der Waals surface area contributed by atoms with Gasteiger partial charge in [0.2, 0.25) is 0 Å². The van der Waals surface area contributed by atoms with Crippen LogP contribution >= 0.6 is 0 Å². The van der Waals surface area contributed by atoms with Crippen LogP contribution < -0.4 is 0 Å². The van der Waals surface area contributed by atoms with E-state index in [-0.39, 0.29) is 23.1 Å². The smallest absolute Gasteiger partial charge is 0.195 e. The monoisotopic (exact) mass is 496 g/mol. The Hall–Kier alpha value is -2.80. The lowest BCUT2D eigenvalue weighted by atomic mass is 9.89. The molecule has 0 saturated carbocycles. The summed E-state index contributed by atoms with van der Waals surface area (Å²) in [6.45, 7) is 5.50. The summed E-state index contributed by atoms with van der Waals surface area (Å²) >= 11 is 0. The van der Waals surface area contributed by atoms with Crippen LogP contribution in [0.25, 0.3) is 11.3 Å². The van der Waals surface area contributed by atoms with Crippen molar-refractivity contribution in [3.63, 3.8) is 0 Å². The first-order chi connectivity index (χ1) is 16.5. The molecule has 1 aromatic carbocycles. The predicted molar refractivity (Wildman–Crippen MR) is 116 cm³/mol. The highest BCUT2D eigenvalue weighted by molar-refractivity contribution is 5.58. The van der Waals surface area contributed by atoms with E-state index in [0.717, 1.165) is 17.8 Å². The summed E-state index contributed by atoms with van der Waals surface area (Å²) in [6, 6.07) is 2.74. The van der Waals surface area contributed by atoms with Gasteiger partial charge in [-0.05, 0) is 12.1 Å². The van der Waals surface area contributed by atoms with Gasteiger partial charge in [0.25, 0.3) is 0 Å². The molecule has 2 aromatic heterocycles. The number of aliphatic hydroxyl groups excluding tert-OH is 2. The van der Waals surface area contributed by atoms with E-state index in [9.17, 15) is 23.4 Å². The van der Waals surface area contributed by atoms with Gasteiger partial charge in [-0.2, -0.15) is 0 Å². The lowest BCUT2D eigenvalue weighted by Crippen LogP contribution is -2.57. The maximum Gasteiger partial charge on any atom is 0.195 e. The molecule has 0 bridgehead atoms. The first kappa shape index (κ1) is 25.3. The summed E-state index contributed by atoms with van der Waals surface area (Å²) in [7, 11) is 1.42. The molecule has 3 heterocycles. The van der Waals surface area contributed by atoms with Crippen molar-refractivity contribution in [1.29, 1.82) is 0 Å². The van der Waals surface area contributed by atoms with Gasteiger partial charge in [-0.3, -0.25) is 0 Å². The zero-order valence-corrected chi connectivity index (χ0v) is 19.7. The second-order valence-corrected chi connectivity index (χ2v) is 9.52. The van der Waals surface area contributed by atoms with Crippen LogP contribution in [0, 0.1) is 17.5 Å². The maximum absolute atomic E-state index is 14.3. The number of benzene rings is 1. The SMILES string of the molecule is CO[C@@H]1[C@@H](n2cc(-c3ccc(F)c(F)c3F)nn2)[C@@H](O)[C@@H](CO)O[C@@H]1Cc1cc(C(C)(C)C)no1. The highest BCUT2D eigenvalue weighted by atomic mass is 19.2. The van der Waals surface area contributed by atoms with Crippen LogP contribution in [0.15, 0.2) is 28.9 Å². The second kappa shape index (κ2) is 9.69. The Balaban J connectivity index is 1.66.